The summed E-state index contributed by atoms with van der Waals surface area (Å²) < 4.78 is 26.3. The minimum absolute atomic E-state index is 0.0815. The second-order valence-corrected chi connectivity index (χ2v) is 10.6. The van der Waals surface area contributed by atoms with Gasteiger partial charge in [0.05, 0.1) is 16.6 Å². The molecular formula is C16H13Cl2N3O3S3. The molecule has 11 heteroatoms. The van der Waals surface area contributed by atoms with Gasteiger partial charge in [-0.2, -0.15) is 4.31 Å². The third kappa shape index (κ3) is 4.68. The molecule has 1 amide bonds. The molecule has 0 radical (unpaired) electrons. The standard InChI is InChI=1S/C16H13Cl2N3O3S3/c1-21(27(23,24)15-7-6-13(18)26-15)8-14(22)20-16-19-12(9-25-16)10-4-2-3-5-11(10)17/h2-7,9H,8H2,1H3,(H,19,20,22). The number of benzene rings is 1. The van der Waals surface area contributed by atoms with Gasteiger partial charge in [-0.1, -0.05) is 41.4 Å². The molecule has 0 saturated carbocycles. The fourth-order valence-corrected chi connectivity index (χ4v) is 5.94. The first-order chi connectivity index (χ1) is 12.8. The van der Waals surface area contributed by atoms with Crippen molar-refractivity contribution in [2.45, 2.75) is 4.21 Å². The van der Waals surface area contributed by atoms with E-state index in [2.05, 4.69) is 10.3 Å². The number of aromatic nitrogens is 1. The van der Waals surface area contributed by atoms with Crippen LogP contribution in [0.25, 0.3) is 11.3 Å². The lowest BCUT2D eigenvalue weighted by Gasteiger charge is -2.15. The Morgan fingerprint density at radius 3 is 2.63 bits per heavy atom. The second kappa shape index (κ2) is 8.26. The molecule has 0 aliphatic rings. The zero-order valence-electron chi connectivity index (χ0n) is 13.8. The number of nitrogens with zero attached hydrogens (tertiary/aromatic N) is 2. The van der Waals surface area contributed by atoms with E-state index >= 15 is 0 Å². The lowest BCUT2D eigenvalue weighted by atomic mass is 10.2. The maximum absolute atomic E-state index is 12.4. The van der Waals surface area contributed by atoms with Crippen molar-refractivity contribution < 1.29 is 13.2 Å². The molecule has 3 rings (SSSR count). The number of likely N-dealkylation sites (N-methyl/N-ethyl adjacent to an activating group) is 1. The zero-order valence-corrected chi connectivity index (χ0v) is 17.8. The van der Waals surface area contributed by atoms with E-state index in [9.17, 15) is 13.2 Å². The van der Waals surface area contributed by atoms with Gasteiger partial charge in [-0.3, -0.25) is 4.79 Å². The van der Waals surface area contributed by atoms with Crippen LogP contribution in [0, 0.1) is 0 Å². The number of nitrogens with one attached hydrogen (secondary N) is 1. The van der Waals surface area contributed by atoms with Gasteiger partial charge in [0, 0.05) is 23.0 Å². The number of hydrogen-bond donors (Lipinski definition) is 1. The summed E-state index contributed by atoms with van der Waals surface area (Å²) in [6, 6.07) is 10.2. The van der Waals surface area contributed by atoms with E-state index in [1.807, 2.05) is 18.2 Å². The van der Waals surface area contributed by atoms with E-state index in [1.54, 1.807) is 11.4 Å². The Morgan fingerprint density at radius 2 is 1.96 bits per heavy atom. The molecule has 0 unspecified atom stereocenters. The number of thiazole rings is 1. The van der Waals surface area contributed by atoms with E-state index in [4.69, 9.17) is 23.2 Å². The number of rotatable bonds is 6. The van der Waals surface area contributed by atoms with Gasteiger partial charge in [0.25, 0.3) is 10.0 Å². The highest BCUT2D eigenvalue weighted by Crippen LogP contribution is 2.30. The van der Waals surface area contributed by atoms with Crippen LogP contribution >= 0.6 is 45.9 Å². The van der Waals surface area contributed by atoms with Crippen LogP contribution in [0.5, 0.6) is 0 Å². The van der Waals surface area contributed by atoms with Gasteiger partial charge in [-0.25, -0.2) is 13.4 Å². The van der Waals surface area contributed by atoms with E-state index in [0.29, 0.717) is 20.2 Å². The highest BCUT2D eigenvalue weighted by atomic mass is 35.5. The first kappa shape index (κ1) is 20.2. The second-order valence-electron chi connectivity index (χ2n) is 5.39. The molecule has 0 spiro atoms. The predicted molar refractivity (Wildman–Crippen MR) is 110 cm³/mol. The molecule has 0 aliphatic heterocycles. The highest BCUT2D eigenvalue weighted by Gasteiger charge is 2.25. The molecule has 0 atom stereocenters. The summed E-state index contributed by atoms with van der Waals surface area (Å²) in [5.74, 6) is -0.496. The molecule has 6 nitrogen and oxygen atoms in total. The van der Waals surface area contributed by atoms with Crippen molar-refractivity contribution in [2.24, 2.45) is 0 Å². The number of hydrogen-bond acceptors (Lipinski definition) is 6. The minimum atomic E-state index is -3.78. The van der Waals surface area contributed by atoms with Gasteiger partial charge < -0.3 is 5.32 Å². The zero-order chi connectivity index (χ0) is 19.6. The lowest BCUT2D eigenvalue weighted by Crippen LogP contribution is -2.34. The SMILES string of the molecule is CN(CC(=O)Nc1nc(-c2ccccc2Cl)cs1)S(=O)(=O)c1ccc(Cl)s1. The van der Waals surface area contributed by atoms with Crippen molar-refractivity contribution in [1.29, 1.82) is 0 Å². The number of sulfonamides is 1. The number of anilines is 1. The third-order valence-corrected chi connectivity index (χ3v) is 8.07. The quantitative estimate of drug-likeness (QED) is 0.588. The Kier molecular flexibility index (Phi) is 6.19. The van der Waals surface area contributed by atoms with Crippen molar-refractivity contribution in [3.8, 4) is 11.3 Å². The van der Waals surface area contributed by atoms with Crippen LogP contribution in [-0.2, 0) is 14.8 Å². The Balaban J connectivity index is 1.67. The topological polar surface area (TPSA) is 79.4 Å². The molecular weight excluding hydrogens is 449 g/mol. The van der Waals surface area contributed by atoms with Crippen molar-refractivity contribution in [1.82, 2.24) is 9.29 Å². The molecule has 2 aromatic heterocycles. The molecule has 0 saturated heterocycles. The van der Waals surface area contributed by atoms with Crippen molar-refractivity contribution in [3.63, 3.8) is 0 Å². The molecule has 0 fully saturated rings. The van der Waals surface area contributed by atoms with Gasteiger partial charge in [-0.05, 0) is 18.2 Å². The minimum Gasteiger partial charge on any atom is -0.301 e. The van der Waals surface area contributed by atoms with Crippen LogP contribution in [0.15, 0.2) is 46.0 Å². The summed E-state index contributed by atoms with van der Waals surface area (Å²) in [7, 11) is -2.44. The van der Waals surface area contributed by atoms with E-state index in [-0.39, 0.29) is 10.8 Å². The molecule has 3 aromatic rings. The third-order valence-electron chi connectivity index (χ3n) is 3.48. The van der Waals surface area contributed by atoms with Gasteiger partial charge in [0.1, 0.15) is 4.21 Å². The van der Waals surface area contributed by atoms with Gasteiger partial charge >= 0.3 is 0 Å². The van der Waals surface area contributed by atoms with Gasteiger partial charge in [0.15, 0.2) is 5.13 Å². The predicted octanol–water partition coefficient (Wildman–Crippen LogP) is 4.44. The normalized spacial score (nSPS) is 11.7. The van der Waals surface area contributed by atoms with Crippen molar-refractivity contribution >= 4 is 66.9 Å². The van der Waals surface area contributed by atoms with Crippen LogP contribution in [0.2, 0.25) is 9.36 Å². The summed E-state index contributed by atoms with van der Waals surface area (Å²) in [5.41, 5.74) is 1.39. The summed E-state index contributed by atoms with van der Waals surface area (Å²) in [6.45, 7) is -0.348. The molecule has 142 valence electrons. The number of amides is 1. The lowest BCUT2D eigenvalue weighted by molar-refractivity contribution is -0.116. The van der Waals surface area contributed by atoms with Crippen LogP contribution < -0.4 is 5.32 Å². The molecule has 2 heterocycles. The summed E-state index contributed by atoms with van der Waals surface area (Å²) >= 11 is 14.1. The fourth-order valence-electron chi connectivity index (χ4n) is 2.16. The monoisotopic (exact) mass is 461 g/mol. The Hall–Kier alpha value is -1.49. The summed E-state index contributed by atoms with van der Waals surface area (Å²) in [5, 5.41) is 5.29. The number of carbonyl (C=O) groups is 1. The number of halogens is 2. The highest BCUT2D eigenvalue weighted by molar-refractivity contribution is 7.91. The molecule has 1 N–H and O–H groups in total. The average molecular weight is 462 g/mol. The maximum atomic E-state index is 12.4. The Morgan fingerprint density at radius 1 is 1.22 bits per heavy atom. The summed E-state index contributed by atoms with van der Waals surface area (Å²) in [6.07, 6.45) is 0. The van der Waals surface area contributed by atoms with Crippen LogP contribution in [0.4, 0.5) is 5.13 Å². The fraction of sp³-hybridized carbons (Fsp3) is 0.125. The van der Waals surface area contributed by atoms with Gasteiger partial charge in [0.2, 0.25) is 5.91 Å². The van der Waals surface area contributed by atoms with Crippen LogP contribution in [0.3, 0.4) is 0 Å². The van der Waals surface area contributed by atoms with E-state index in [1.165, 1.54) is 30.5 Å². The molecule has 1 aromatic carbocycles. The molecule has 0 bridgehead atoms. The Labute approximate surface area is 174 Å². The van der Waals surface area contributed by atoms with Crippen molar-refractivity contribution in [3.05, 3.63) is 51.1 Å². The van der Waals surface area contributed by atoms with E-state index < -0.39 is 15.9 Å². The van der Waals surface area contributed by atoms with Crippen LogP contribution in [0.1, 0.15) is 0 Å². The molecule has 27 heavy (non-hydrogen) atoms. The maximum Gasteiger partial charge on any atom is 0.252 e. The van der Waals surface area contributed by atoms with Crippen molar-refractivity contribution in [2.75, 3.05) is 18.9 Å². The number of carbonyl (C=O) groups excluding carboxylic acids is 1. The summed E-state index contributed by atoms with van der Waals surface area (Å²) in [4.78, 5) is 16.6. The van der Waals surface area contributed by atoms with Gasteiger partial charge in [-0.15, -0.1) is 22.7 Å². The first-order valence-corrected chi connectivity index (χ1v) is 11.4. The first-order valence-electron chi connectivity index (χ1n) is 7.49. The Bertz CT molecular complexity index is 1080. The van der Waals surface area contributed by atoms with E-state index in [0.717, 1.165) is 21.2 Å². The largest absolute Gasteiger partial charge is 0.301 e. The smallest absolute Gasteiger partial charge is 0.252 e. The molecule has 0 aliphatic carbocycles. The number of thiophene rings is 1. The van der Waals surface area contributed by atoms with Crippen LogP contribution in [-0.4, -0.2) is 37.2 Å². The average Bonchev–Trinajstić information content (AvgIpc) is 3.24.